The summed E-state index contributed by atoms with van der Waals surface area (Å²) in [5, 5.41) is 3.17. The summed E-state index contributed by atoms with van der Waals surface area (Å²) in [4.78, 5) is 19.2. The number of hydrogen-bond acceptors (Lipinski definition) is 3. The number of hydrogen-bond donors (Lipinski definition) is 1. The molecular weight excluding hydrogens is 336 g/mol. The van der Waals surface area contributed by atoms with Crippen molar-refractivity contribution >= 4 is 6.03 Å². The summed E-state index contributed by atoms with van der Waals surface area (Å²) in [7, 11) is 4.31. The zero-order chi connectivity index (χ0) is 19.1. The molecule has 1 N–H and O–H groups in total. The molecule has 2 fully saturated rings. The molecule has 1 atom stereocenters. The highest BCUT2D eigenvalue weighted by Crippen LogP contribution is 2.23. The first-order chi connectivity index (χ1) is 13.1. The average Bonchev–Trinajstić information content (AvgIpc) is 2.70. The number of carbonyl (C=O) groups is 1. The Morgan fingerprint density at radius 2 is 1.81 bits per heavy atom. The monoisotopic (exact) mass is 372 g/mol. The molecule has 0 saturated carbocycles. The van der Waals surface area contributed by atoms with Crippen molar-refractivity contribution in [2.45, 2.75) is 38.1 Å². The number of likely N-dealkylation sites (tertiary alicyclic amines) is 1. The van der Waals surface area contributed by atoms with Crippen LogP contribution in [0.15, 0.2) is 30.3 Å². The van der Waals surface area contributed by atoms with Gasteiger partial charge in [0.05, 0.1) is 0 Å². The predicted molar refractivity (Wildman–Crippen MR) is 111 cm³/mol. The molecule has 1 aromatic carbocycles. The van der Waals surface area contributed by atoms with Crippen molar-refractivity contribution in [3.63, 3.8) is 0 Å². The number of nitrogens with one attached hydrogen (secondary N) is 1. The van der Waals surface area contributed by atoms with Crippen molar-refractivity contribution < 1.29 is 4.79 Å². The second-order valence-electron chi connectivity index (χ2n) is 8.39. The van der Waals surface area contributed by atoms with E-state index in [9.17, 15) is 4.79 Å². The van der Waals surface area contributed by atoms with E-state index in [1.54, 1.807) is 0 Å². The second-order valence-corrected chi connectivity index (χ2v) is 8.39. The number of carbonyl (C=O) groups excluding carboxylic acids is 1. The van der Waals surface area contributed by atoms with E-state index in [1.165, 1.54) is 24.8 Å². The summed E-state index contributed by atoms with van der Waals surface area (Å²) in [6.07, 6.45) is 6.00. The highest BCUT2D eigenvalue weighted by Gasteiger charge is 2.25. The third-order valence-electron chi connectivity index (χ3n) is 6.29. The molecule has 0 spiro atoms. The number of piperidine rings is 1. The highest BCUT2D eigenvalue weighted by molar-refractivity contribution is 5.74. The van der Waals surface area contributed by atoms with Crippen molar-refractivity contribution in [3.8, 4) is 0 Å². The van der Waals surface area contributed by atoms with Crippen LogP contribution in [0, 0.1) is 5.92 Å². The van der Waals surface area contributed by atoms with Crippen LogP contribution in [0.2, 0.25) is 0 Å². The van der Waals surface area contributed by atoms with Crippen molar-refractivity contribution in [1.29, 1.82) is 0 Å². The van der Waals surface area contributed by atoms with Gasteiger partial charge in [0, 0.05) is 45.3 Å². The Morgan fingerprint density at radius 3 is 2.56 bits per heavy atom. The molecule has 1 aromatic rings. The fraction of sp³-hybridized carbons (Fsp3) is 0.682. The van der Waals surface area contributed by atoms with E-state index >= 15 is 0 Å². The lowest BCUT2D eigenvalue weighted by molar-refractivity contribution is 0.111. The molecule has 2 aliphatic rings. The molecule has 0 radical (unpaired) electrons. The topological polar surface area (TPSA) is 38.8 Å². The van der Waals surface area contributed by atoms with Crippen molar-refractivity contribution in [3.05, 3.63) is 35.9 Å². The summed E-state index contributed by atoms with van der Waals surface area (Å²) in [5.74, 6) is 0.774. The van der Waals surface area contributed by atoms with Crippen LogP contribution < -0.4 is 5.32 Å². The maximum absolute atomic E-state index is 12.5. The zero-order valence-electron chi connectivity index (χ0n) is 17.1. The molecular formula is C22H36N4O. The Bertz CT molecular complexity index is 571. The Kier molecular flexibility index (Phi) is 7.53. The van der Waals surface area contributed by atoms with Crippen molar-refractivity contribution in [1.82, 2.24) is 20.0 Å². The van der Waals surface area contributed by atoms with Crippen LogP contribution >= 0.6 is 0 Å². The molecule has 27 heavy (non-hydrogen) atoms. The van der Waals surface area contributed by atoms with Gasteiger partial charge in [-0.2, -0.15) is 0 Å². The van der Waals surface area contributed by atoms with Crippen LogP contribution in [0.4, 0.5) is 4.79 Å². The molecule has 3 rings (SSSR count). The number of aryl methyl sites for hydroxylation is 1. The Balaban J connectivity index is 1.32. The minimum Gasteiger partial charge on any atom is -0.336 e. The predicted octanol–water partition coefficient (Wildman–Crippen LogP) is 2.68. The van der Waals surface area contributed by atoms with Gasteiger partial charge in [-0.15, -0.1) is 0 Å². The average molecular weight is 373 g/mol. The second kappa shape index (κ2) is 10.1. The largest absolute Gasteiger partial charge is 0.336 e. The van der Waals surface area contributed by atoms with E-state index < -0.39 is 0 Å². The number of nitrogens with zero attached hydrogens (tertiary/aromatic N) is 3. The molecule has 5 nitrogen and oxygen atoms in total. The third-order valence-corrected chi connectivity index (χ3v) is 6.29. The lowest BCUT2D eigenvalue weighted by atomic mass is 9.91. The fourth-order valence-electron chi connectivity index (χ4n) is 4.30. The molecule has 5 heteroatoms. The first kappa shape index (κ1) is 20.2. The first-order valence-corrected chi connectivity index (χ1v) is 10.6. The van der Waals surface area contributed by atoms with E-state index in [-0.39, 0.29) is 6.03 Å². The van der Waals surface area contributed by atoms with Gasteiger partial charge in [-0.05, 0) is 57.7 Å². The number of likely N-dealkylation sites (N-methyl/N-ethyl adjacent to an activating group) is 2. The maximum atomic E-state index is 12.5. The number of rotatable bonds is 6. The molecule has 150 valence electrons. The van der Waals surface area contributed by atoms with Gasteiger partial charge in [0.15, 0.2) is 0 Å². The summed E-state index contributed by atoms with van der Waals surface area (Å²) >= 11 is 0. The van der Waals surface area contributed by atoms with Gasteiger partial charge < -0.3 is 15.1 Å². The molecule has 2 heterocycles. The SMILES string of the molecule is CN1CCN(C)C(CNC(=O)N2CCC(CCCc3ccccc3)CC2)C1. The number of urea groups is 1. The Labute approximate surface area is 164 Å². The smallest absolute Gasteiger partial charge is 0.317 e. The summed E-state index contributed by atoms with van der Waals surface area (Å²) in [6.45, 7) is 5.77. The maximum Gasteiger partial charge on any atom is 0.317 e. The van der Waals surface area contributed by atoms with E-state index in [4.69, 9.17) is 0 Å². The minimum absolute atomic E-state index is 0.124. The normalized spacial score (nSPS) is 22.7. The summed E-state index contributed by atoms with van der Waals surface area (Å²) < 4.78 is 0. The third kappa shape index (κ3) is 6.22. The van der Waals surface area contributed by atoms with Crippen molar-refractivity contribution in [2.24, 2.45) is 5.92 Å². The van der Waals surface area contributed by atoms with Crippen LogP contribution in [0.3, 0.4) is 0 Å². The fourth-order valence-corrected chi connectivity index (χ4v) is 4.30. The molecule has 0 aromatic heterocycles. The van der Waals surface area contributed by atoms with Gasteiger partial charge in [-0.1, -0.05) is 30.3 Å². The lowest BCUT2D eigenvalue weighted by Crippen LogP contribution is -2.55. The minimum atomic E-state index is 0.124. The van der Waals surface area contributed by atoms with Crippen molar-refractivity contribution in [2.75, 3.05) is 53.4 Å². The van der Waals surface area contributed by atoms with E-state index in [0.29, 0.717) is 6.04 Å². The molecule has 2 saturated heterocycles. The number of piperazine rings is 1. The van der Waals surface area contributed by atoms with Crippen LogP contribution in [0.5, 0.6) is 0 Å². The molecule has 0 aliphatic carbocycles. The quantitative estimate of drug-likeness (QED) is 0.834. The Hall–Kier alpha value is -1.59. The van der Waals surface area contributed by atoms with Gasteiger partial charge in [-0.3, -0.25) is 4.90 Å². The van der Waals surface area contributed by atoms with Gasteiger partial charge in [0.1, 0.15) is 0 Å². The van der Waals surface area contributed by atoms with Gasteiger partial charge in [0.25, 0.3) is 0 Å². The lowest BCUT2D eigenvalue weighted by Gasteiger charge is -2.38. The van der Waals surface area contributed by atoms with Crippen LogP contribution in [0.25, 0.3) is 0 Å². The summed E-state index contributed by atoms with van der Waals surface area (Å²) in [5.41, 5.74) is 1.44. The van der Waals surface area contributed by atoms with Crippen LogP contribution in [-0.2, 0) is 6.42 Å². The molecule has 2 aliphatic heterocycles. The van der Waals surface area contributed by atoms with Crippen LogP contribution in [0.1, 0.15) is 31.2 Å². The van der Waals surface area contributed by atoms with E-state index in [1.807, 2.05) is 4.90 Å². The van der Waals surface area contributed by atoms with E-state index in [2.05, 4.69) is 59.5 Å². The first-order valence-electron chi connectivity index (χ1n) is 10.6. The highest BCUT2D eigenvalue weighted by atomic mass is 16.2. The molecule has 2 amide bonds. The van der Waals surface area contributed by atoms with E-state index in [0.717, 1.165) is 58.0 Å². The molecule has 1 unspecified atom stereocenters. The molecule has 0 bridgehead atoms. The van der Waals surface area contributed by atoms with Gasteiger partial charge >= 0.3 is 6.03 Å². The van der Waals surface area contributed by atoms with Gasteiger partial charge in [0.2, 0.25) is 0 Å². The number of amides is 2. The standard InChI is InChI=1S/C22H36N4O/c1-24-15-16-25(2)21(18-24)17-23-22(27)26-13-11-20(12-14-26)10-6-9-19-7-4-3-5-8-19/h3-5,7-8,20-21H,6,9-18H2,1-2H3,(H,23,27). The van der Waals surface area contributed by atoms with Crippen LogP contribution in [-0.4, -0.2) is 80.1 Å². The Morgan fingerprint density at radius 1 is 1.07 bits per heavy atom. The van der Waals surface area contributed by atoms with Gasteiger partial charge in [-0.25, -0.2) is 4.79 Å². The number of benzene rings is 1. The zero-order valence-corrected chi connectivity index (χ0v) is 17.1. The summed E-state index contributed by atoms with van der Waals surface area (Å²) in [6, 6.07) is 11.3.